The summed E-state index contributed by atoms with van der Waals surface area (Å²) in [5.74, 6) is 0. The van der Waals surface area contributed by atoms with Crippen LogP contribution in [-0.4, -0.2) is 12.6 Å². The van der Waals surface area contributed by atoms with Crippen LogP contribution in [0.3, 0.4) is 0 Å². The van der Waals surface area contributed by atoms with Gasteiger partial charge in [-0.2, -0.15) is 10.5 Å². The van der Waals surface area contributed by atoms with E-state index < -0.39 is 8.07 Å². The topological polar surface area (TPSA) is 52.5 Å². The van der Waals surface area contributed by atoms with Gasteiger partial charge in [-0.3, -0.25) is 0 Å². The van der Waals surface area contributed by atoms with Crippen molar-refractivity contribution in [2.45, 2.75) is 0 Å². The van der Waals surface area contributed by atoms with Gasteiger partial charge < -0.3 is 4.57 Å². The first-order chi connectivity index (χ1) is 23.8. The second-order valence-electron chi connectivity index (χ2n) is 11.9. The lowest BCUT2D eigenvalue weighted by atomic mass is 9.96. The number of benzene rings is 7. The Bertz CT molecular complexity index is 2370. The number of nitriles is 2. The molecule has 8 aromatic rings. The number of rotatable bonds is 6. The number of hydrogen-bond donors (Lipinski definition) is 0. The Morgan fingerprint density at radius 1 is 0.458 bits per heavy atom. The van der Waals surface area contributed by atoms with E-state index in [9.17, 15) is 10.5 Å². The molecular weight excluding hydrogens is 599 g/mol. The summed E-state index contributed by atoms with van der Waals surface area (Å²) in [6, 6.07) is 66.1. The maximum atomic E-state index is 10.9. The van der Waals surface area contributed by atoms with Crippen LogP contribution >= 0.6 is 0 Å². The monoisotopic (exact) mass is 627 g/mol. The lowest BCUT2D eigenvalue weighted by Gasteiger charge is -2.36. The van der Waals surface area contributed by atoms with Gasteiger partial charge in [0.1, 0.15) is 0 Å². The van der Waals surface area contributed by atoms with Crippen molar-refractivity contribution in [3.05, 3.63) is 187 Å². The highest BCUT2D eigenvalue weighted by Gasteiger charge is 2.43. The third kappa shape index (κ3) is 4.48. The second kappa shape index (κ2) is 12.0. The Morgan fingerprint density at radius 2 is 0.958 bits per heavy atom. The Morgan fingerprint density at radius 3 is 1.46 bits per heavy atom. The Labute approximate surface area is 280 Å². The SMILES string of the molecule is N#Cc1ccc(-n2c3ccccc3c3ccccc32)c(-c2c(C#N)cccc2[Si](c2ccccc2)(c2ccccc2)c2ccccc2)c1. The van der Waals surface area contributed by atoms with Crippen LogP contribution in [0.1, 0.15) is 11.1 Å². The number of hydrogen-bond acceptors (Lipinski definition) is 2. The van der Waals surface area contributed by atoms with Crippen molar-refractivity contribution < 1.29 is 0 Å². The van der Waals surface area contributed by atoms with E-state index in [0.29, 0.717) is 11.1 Å². The van der Waals surface area contributed by atoms with Crippen LogP contribution in [0, 0.1) is 22.7 Å². The van der Waals surface area contributed by atoms with Crippen molar-refractivity contribution in [3.8, 4) is 29.0 Å². The van der Waals surface area contributed by atoms with Crippen molar-refractivity contribution in [2.75, 3.05) is 0 Å². The molecule has 7 aromatic carbocycles. The smallest absolute Gasteiger partial charge is 0.180 e. The largest absolute Gasteiger partial charge is 0.309 e. The Kier molecular flexibility index (Phi) is 7.27. The van der Waals surface area contributed by atoms with Crippen LogP contribution in [0.15, 0.2) is 176 Å². The van der Waals surface area contributed by atoms with E-state index in [2.05, 4.69) is 162 Å². The van der Waals surface area contributed by atoms with E-state index in [1.54, 1.807) is 0 Å². The summed E-state index contributed by atoms with van der Waals surface area (Å²) >= 11 is 0. The van der Waals surface area contributed by atoms with Crippen LogP contribution < -0.4 is 20.7 Å². The summed E-state index contributed by atoms with van der Waals surface area (Å²) in [6.45, 7) is 0. The van der Waals surface area contributed by atoms with E-state index in [0.717, 1.165) is 43.8 Å². The fourth-order valence-corrected chi connectivity index (χ4v) is 12.5. The molecule has 224 valence electrons. The molecule has 0 saturated heterocycles. The highest BCUT2D eigenvalue weighted by atomic mass is 28.3. The molecule has 0 bridgehead atoms. The molecule has 0 aliphatic heterocycles. The number of nitrogens with zero attached hydrogens (tertiary/aromatic N) is 3. The van der Waals surface area contributed by atoms with Crippen molar-refractivity contribution in [1.29, 1.82) is 10.5 Å². The second-order valence-corrected chi connectivity index (χ2v) is 15.7. The molecule has 0 N–H and O–H groups in total. The summed E-state index contributed by atoms with van der Waals surface area (Å²) in [4.78, 5) is 0. The quantitative estimate of drug-likeness (QED) is 0.141. The highest BCUT2D eigenvalue weighted by Crippen LogP contribution is 2.37. The minimum absolute atomic E-state index is 0.541. The maximum Gasteiger partial charge on any atom is 0.180 e. The van der Waals surface area contributed by atoms with Crippen molar-refractivity contribution in [3.63, 3.8) is 0 Å². The molecule has 0 saturated carbocycles. The van der Waals surface area contributed by atoms with Gasteiger partial charge in [0.15, 0.2) is 8.07 Å². The predicted molar refractivity (Wildman–Crippen MR) is 199 cm³/mol. The first-order valence-electron chi connectivity index (χ1n) is 16.0. The third-order valence-electron chi connectivity index (χ3n) is 9.43. The molecule has 1 heterocycles. The number of fused-ring (bicyclic) bond motifs is 3. The van der Waals surface area contributed by atoms with E-state index >= 15 is 0 Å². The number of para-hydroxylation sites is 2. The van der Waals surface area contributed by atoms with Crippen LogP contribution in [0.25, 0.3) is 38.6 Å². The van der Waals surface area contributed by atoms with Gasteiger partial charge >= 0.3 is 0 Å². The minimum Gasteiger partial charge on any atom is -0.309 e. The predicted octanol–water partition coefficient (Wildman–Crippen LogP) is 7.57. The molecule has 0 unspecified atom stereocenters. The van der Waals surface area contributed by atoms with Crippen molar-refractivity contribution in [2.24, 2.45) is 0 Å². The summed E-state index contributed by atoms with van der Waals surface area (Å²) in [5.41, 5.74) is 5.89. The van der Waals surface area contributed by atoms with E-state index in [-0.39, 0.29) is 0 Å². The van der Waals surface area contributed by atoms with Gasteiger partial charge in [-0.25, -0.2) is 0 Å². The van der Waals surface area contributed by atoms with Gasteiger partial charge in [-0.1, -0.05) is 140 Å². The first kappa shape index (κ1) is 29.0. The molecule has 0 atom stereocenters. The maximum absolute atomic E-state index is 10.9. The van der Waals surface area contributed by atoms with Crippen LogP contribution in [0.5, 0.6) is 0 Å². The average molecular weight is 628 g/mol. The van der Waals surface area contributed by atoms with Gasteiger partial charge in [0, 0.05) is 21.9 Å². The van der Waals surface area contributed by atoms with Crippen molar-refractivity contribution in [1.82, 2.24) is 4.57 Å². The standard InChI is InChI=1S/C44H29N3Si/c45-30-32-27-28-42(47-40-24-12-10-22-37(40)38-23-11-13-25-41(38)47)39(29-32)44-33(31-46)15-14-26-43(44)48(34-16-4-1-5-17-34,35-18-6-2-7-19-35)36-20-8-3-9-21-36/h1-29H. The zero-order chi connectivity index (χ0) is 32.5. The highest BCUT2D eigenvalue weighted by molar-refractivity contribution is 7.20. The fraction of sp³-hybridized carbons (Fsp3) is 0. The fourth-order valence-electron chi connectivity index (χ4n) is 7.46. The molecular formula is C44H29N3Si. The molecule has 0 spiro atoms. The van der Waals surface area contributed by atoms with Gasteiger partial charge in [0.05, 0.1) is 40.0 Å². The summed E-state index contributed by atoms with van der Waals surface area (Å²) in [7, 11) is -3.06. The lowest BCUT2D eigenvalue weighted by Crippen LogP contribution is -2.75. The van der Waals surface area contributed by atoms with Gasteiger partial charge in [0.25, 0.3) is 0 Å². The first-order valence-corrected chi connectivity index (χ1v) is 18.0. The van der Waals surface area contributed by atoms with Gasteiger partial charge in [0.2, 0.25) is 0 Å². The van der Waals surface area contributed by atoms with Crippen LogP contribution in [0.2, 0.25) is 0 Å². The van der Waals surface area contributed by atoms with Crippen molar-refractivity contribution >= 4 is 50.6 Å². The molecule has 3 nitrogen and oxygen atoms in total. The average Bonchev–Trinajstić information content (AvgIpc) is 3.50. The van der Waals surface area contributed by atoms with E-state index in [1.807, 2.05) is 30.3 Å². The molecule has 0 fully saturated rings. The van der Waals surface area contributed by atoms with Gasteiger partial charge in [-0.05, 0) is 57.1 Å². The van der Waals surface area contributed by atoms with Crippen LogP contribution in [-0.2, 0) is 0 Å². The van der Waals surface area contributed by atoms with Crippen LogP contribution in [0.4, 0.5) is 0 Å². The molecule has 0 aliphatic carbocycles. The van der Waals surface area contributed by atoms with E-state index in [4.69, 9.17) is 0 Å². The van der Waals surface area contributed by atoms with E-state index in [1.165, 1.54) is 15.6 Å². The third-order valence-corrected chi connectivity index (χ3v) is 14.2. The van der Waals surface area contributed by atoms with Gasteiger partial charge in [-0.15, -0.1) is 0 Å². The molecule has 1 aromatic heterocycles. The molecule has 48 heavy (non-hydrogen) atoms. The lowest BCUT2D eigenvalue weighted by molar-refractivity contribution is 1.18. The number of aromatic nitrogens is 1. The zero-order valence-corrected chi connectivity index (χ0v) is 27.1. The molecule has 0 aliphatic rings. The molecule has 8 rings (SSSR count). The molecule has 0 amide bonds. The summed E-state index contributed by atoms with van der Waals surface area (Å²) in [5, 5.41) is 28.2. The summed E-state index contributed by atoms with van der Waals surface area (Å²) < 4.78 is 2.29. The molecule has 4 heteroatoms. The molecule has 0 radical (unpaired) electrons. The normalized spacial score (nSPS) is 11.3. The summed E-state index contributed by atoms with van der Waals surface area (Å²) in [6.07, 6.45) is 0. The Balaban J connectivity index is 1.57. The minimum atomic E-state index is -3.06. The zero-order valence-electron chi connectivity index (χ0n) is 26.1. The Hall–Kier alpha value is -6.46.